The van der Waals surface area contributed by atoms with Gasteiger partial charge in [-0.25, -0.2) is 0 Å². The molecule has 0 fully saturated rings. The number of rotatable bonds is 6. The molecule has 4 heteroatoms. The largest absolute Gasteiger partial charge is 0.497 e. The van der Waals surface area contributed by atoms with Crippen molar-refractivity contribution < 1.29 is 14.6 Å². The van der Waals surface area contributed by atoms with Crippen LogP contribution in [0, 0.1) is 0 Å². The van der Waals surface area contributed by atoms with Crippen LogP contribution in [0.2, 0.25) is 0 Å². The average Bonchev–Trinajstić information content (AvgIpc) is 2.54. The summed E-state index contributed by atoms with van der Waals surface area (Å²) in [6.07, 6.45) is 1.06. The standard InChI is InChI=1S/C17H19NO3/c1-21-15-9-6-13(7-10-15)8-11-17(20)18-16-5-3-2-4-14(16)12-19/h2-7,9-10,19H,8,11-12H2,1H3,(H,18,20). The molecule has 0 aliphatic rings. The molecule has 2 aromatic rings. The molecule has 0 aliphatic heterocycles. The van der Waals surface area contributed by atoms with Gasteiger partial charge in [-0.05, 0) is 30.2 Å². The van der Waals surface area contributed by atoms with E-state index in [-0.39, 0.29) is 12.5 Å². The van der Waals surface area contributed by atoms with Gasteiger partial charge in [0.05, 0.1) is 13.7 Å². The van der Waals surface area contributed by atoms with Gasteiger partial charge in [0.15, 0.2) is 0 Å². The molecule has 4 nitrogen and oxygen atoms in total. The number of amides is 1. The summed E-state index contributed by atoms with van der Waals surface area (Å²) in [5.74, 6) is 0.742. The summed E-state index contributed by atoms with van der Waals surface area (Å²) in [6.45, 7) is -0.0884. The van der Waals surface area contributed by atoms with Crippen LogP contribution >= 0.6 is 0 Å². The first kappa shape index (κ1) is 15.1. The normalized spacial score (nSPS) is 10.2. The number of aryl methyl sites for hydroxylation is 1. The van der Waals surface area contributed by atoms with Gasteiger partial charge < -0.3 is 15.2 Å². The molecule has 0 bridgehead atoms. The number of hydrogen-bond acceptors (Lipinski definition) is 3. The van der Waals surface area contributed by atoms with Gasteiger partial charge in [0.25, 0.3) is 0 Å². The Hall–Kier alpha value is -2.33. The van der Waals surface area contributed by atoms with Crippen molar-refractivity contribution in [1.29, 1.82) is 0 Å². The fourth-order valence-electron chi connectivity index (χ4n) is 2.04. The molecule has 21 heavy (non-hydrogen) atoms. The van der Waals surface area contributed by atoms with E-state index in [0.29, 0.717) is 18.5 Å². The lowest BCUT2D eigenvalue weighted by Crippen LogP contribution is -2.13. The van der Waals surface area contributed by atoms with Crippen molar-refractivity contribution in [3.05, 3.63) is 59.7 Å². The van der Waals surface area contributed by atoms with Gasteiger partial charge in [-0.1, -0.05) is 30.3 Å². The van der Waals surface area contributed by atoms with E-state index in [1.165, 1.54) is 0 Å². The number of aliphatic hydroxyl groups excluding tert-OH is 1. The van der Waals surface area contributed by atoms with Crippen molar-refractivity contribution in [2.45, 2.75) is 19.4 Å². The number of carbonyl (C=O) groups excluding carboxylic acids is 1. The zero-order chi connectivity index (χ0) is 15.1. The minimum atomic E-state index is -0.0884. The van der Waals surface area contributed by atoms with E-state index in [1.54, 1.807) is 19.2 Å². The highest BCUT2D eigenvalue weighted by Gasteiger charge is 2.06. The third-order valence-electron chi connectivity index (χ3n) is 3.26. The number of methoxy groups -OCH3 is 1. The highest BCUT2D eigenvalue weighted by atomic mass is 16.5. The second-order valence-electron chi connectivity index (χ2n) is 4.71. The predicted octanol–water partition coefficient (Wildman–Crippen LogP) is 2.76. The van der Waals surface area contributed by atoms with Gasteiger partial charge in [-0.2, -0.15) is 0 Å². The van der Waals surface area contributed by atoms with Gasteiger partial charge in [0.2, 0.25) is 5.91 Å². The van der Waals surface area contributed by atoms with E-state index < -0.39 is 0 Å². The van der Waals surface area contributed by atoms with E-state index in [9.17, 15) is 9.90 Å². The fourth-order valence-corrected chi connectivity index (χ4v) is 2.04. The maximum atomic E-state index is 12.0. The molecule has 2 N–H and O–H groups in total. The number of ether oxygens (including phenoxy) is 1. The highest BCUT2D eigenvalue weighted by Crippen LogP contribution is 2.16. The number of nitrogens with one attached hydrogen (secondary N) is 1. The zero-order valence-corrected chi connectivity index (χ0v) is 12.0. The van der Waals surface area contributed by atoms with Crippen LogP contribution < -0.4 is 10.1 Å². The Morgan fingerprint density at radius 3 is 2.52 bits per heavy atom. The van der Waals surface area contributed by atoms with Crippen molar-refractivity contribution in [1.82, 2.24) is 0 Å². The van der Waals surface area contributed by atoms with Crippen LogP contribution in [0.25, 0.3) is 0 Å². The molecule has 0 radical (unpaired) electrons. The topological polar surface area (TPSA) is 58.6 Å². The Morgan fingerprint density at radius 2 is 1.86 bits per heavy atom. The van der Waals surface area contributed by atoms with Crippen molar-refractivity contribution in [3.63, 3.8) is 0 Å². The number of aliphatic hydroxyl groups is 1. The van der Waals surface area contributed by atoms with Crippen molar-refractivity contribution in [3.8, 4) is 5.75 Å². The Labute approximate surface area is 124 Å². The van der Waals surface area contributed by atoms with E-state index in [2.05, 4.69) is 5.32 Å². The lowest BCUT2D eigenvalue weighted by Gasteiger charge is -2.09. The molecule has 0 saturated carbocycles. The molecule has 2 aromatic carbocycles. The lowest BCUT2D eigenvalue weighted by molar-refractivity contribution is -0.116. The molecule has 0 aliphatic carbocycles. The summed E-state index contributed by atoms with van der Waals surface area (Å²) in [4.78, 5) is 12.0. The number of hydrogen-bond donors (Lipinski definition) is 2. The van der Waals surface area contributed by atoms with Crippen LogP contribution in [-0.4, -0.2) is 18.1 Å². The summed E-state index contributed by atoms with van der Waals surface area (Å²) in [6, 6.07) is 14.9. The zero-order valence-electron chi connectivity index (χ0n) is 12.0. The summed E-state index contributed by atoms with van der Waals surface area (Å²) in [7, 11) is 1.63. The molecular formula is C17H19NO3. The summed E-state index contributed by atoms with van der Waals surface area (Å²) in [5, 5.41) is 12.1. The van der Waals surface area contributed by atoms with Crippen molar-refractivity contribution >= 4 is 11.6 Å². The second-order valence-corrected chi connectivity index (χ2v) is 4.71. The quantitative estimate of drug-likeness (QED) is 0.858. The van der Waals surface area contributed by atoms with Crippen LogP contribution in [-0.2, 0) is 17.8 Å². The van der Waals surface area contributed by atoms with Crippen LogP contribution in [0.5, 0.6) is 5.75 Å². The average molecular weight is 285 g/mol. The monoisotopic (exact) mass is 285 g/mol. The minimum Gasteiger partial charge on any atom is -0.497 e. The summed E-state index contributed by atoms with van der Waals surface area (Å²) in [5.41, 5.74) is 2.47. The number of carbonyl (C=O) groups is 1. The number of anilines is 1. The second kappa shape index (κ2) is 7.45. The molecule has 0 heterocycles. The van der Waals surface area contributed by atoms with Crippen LogP contribution in [0.15, 0.2) is 48.5 Å². The van der Waals surface area contributed by atoms with Gasteiger partial charge in [0.1, 0.15) is 5.75 Å². The molecule has 0 spiro atoms. The van der Waals surface area contributed by atoms with E-state index in [4.69, 9.17) is 4.74 Å². The Bertz CT molecular complexity index is 593. The molecule has 0 aromatic heterocycles. The first-order valence-corrected chi connectivity index (χ1v) is 6.84. The number of para-hydroxylation sites is 1. The molecule has 110 valence electrons. The third kappa shape index (κ3) is 4.33. The first-order chi connectivity index (χ1) is 10.2. The molecule has 1 amide bonds. The van der Waals surface area contributed by atoms with Crippen LogP contribution in [0.1, 0.15) is 17.5 Å². The molecule has 0 saturated heterocycles. The maximum absolute atomic E-state index is 12.0. The van der Waals surface area contributed by atoms with E-state index >= 15 is 0 Å². The predicted molar refractivity (Wildman–Crippen MR) is 82.3 cm³/mol. The minimum absolute atomic E-state index is 0.0632. The van der Waals surface area contributed by atoms with Gasteiger partial charge >= 0.3 is 0 Å². The maximum Gasteiger partial charge on any atom is 0.224 e. The summed E-state index contributed by atoms with van der Waals surface area (Å²) < 4.78 is 5.10. The number of benzene rings is 2. The smallest absolute Gasteiger partial charge is 0.224 e. The Morgan fingerprint density at radius 1 is 1.14 bits per heavy atom. The van der Waals surface area contributed by atoms with Crippen LogP contribution in [0.4, 0.5) is 5.69 Å². The Kier molecular flexibility index (Phi) is 5.35. The highest BCUT2D eigenvalue weighted by molar-refractivity contribution is 5.91. The van der Waals surface area contributed by atoms with Crippen LogP contribution in [0.3, 0.4) is 0 Å². The van der Waals surface area contributed by atoms with E-state index in [1.807, 2.05) is 36.4 Å². The summed E-state index contributed by atoms with van der Waals surface area (Å²) >= 11 is 0. The fraction of sp³-hybridized carbons (Fsp3) is 0.235. The molecular weight excluding hydrogens is 266 g/mol. The van der Waals surface area contributed by atoms with Gasteiger partial charge in [-0.15, -0.1) is 0 Å². The Balaban J connectivity index is 1.89. The molecule has 2 rings (SSSR count). The van der Waals surface area contributed by atoms with Gasteiger partial charge in [0, 0.05) is 17.7 Å². The van der Waals surface area contributed by atoms with Crippen molar-refractivity contribution in [2.75, 3.05) is 12.4 Å². The van der Waals surface area contributed by atoms with Gasteiger partial charge in [-0.3, -0.25) is 4.79 Å². The first-order valence-electron chi connectivity index (χ1n) is 6.84. The molecule has 0 unspecified atom stereocenters. The SMILES string of the molecule is COc1ccc(CCC(=O)Nc2ccccc2CO)cc1. The third-order valence-corrected chi connectivity index (χ3v) is 3.26. The molecule has 0 atom stereocenters. The lowest BCUT2D eigenvalue weighted by atomic mass is 10.1. The van der Waals surface area contributed by atoms with E-state index in [0.717, 1.165) is 16.9 Å². The van der Waals surface area contributed by atoms with Crippen molar-refractivity contribution in [2.24, 2.45) is 0 Å².